The highest BCUT2D eigenvalue weighted by Crippen LogP contribution is 2.34. The normalized spacial score (nSPS) is 14.0. The van der Waals surface area contributed by atoms with Crippen LogP contribution in [-0.2, 0) is 17.6 Å². The molecule has 0 bridgehead atoms. The molecule has 2 aromatic heterocycles. The van der Waals surface area contributed by atoms with Crippen LogP contribution < -0.4 is 9.47 Å². The van der Waals surface area contributed by atoms with Crippen LogP contribution in [0.4, 0.5) is 0 Å². The van der Waals surface area contributed by atoms with Gasteiger partial charge < -0.3 is 13.9 Å². The van der Waals surface area contributed by atoms with E-state index in [0.717, 1.165) is 16.8 Å². The molecule has 1 fully saturated rings. The molecule has 6 heteroatoms. The van der Waals surface area contributed by atoms with Crippen LogP contribution in [0.3, 0.4) is 0 Å². The number of oxazole rings is 1. The zero-order valence-corrected chi connectivity index (χ0v) is 18.1. The van der Waals surface area contributed by atoms with Crippen LogP contribution >= 0.6 is 0 Å². The van der Waals surface area contributed by atoms with Crippen molar-refractivity contribution in [3.8, 4) is 23.0 Å². The van der Waals surface area contributed by atoms with Crippen molar-refractivity contribution in [1.29, 1.82) is 0 Å². The Morgan fingerprint density at radius 1 is 1.16 bits per heavy atom. The van der Waals surface area contributed by atoms with Crippen LogP contribution in [0.1, 0.15) is 42.6 Å². The molecule has 1 aromatic carbocycles. The molecule has 3 aromatic rings. The van der Waals surface area contributed by atoms with Crippen molar-refractivity contribution in [2.24, 2.45) is 5.92 Å². The summed E-state index contributed by atoms with van der Waals surface area (Å²) < 4.78 is 17.2. The highest BCUT2D eigenvalue weighted by Gasteiger charge is 2.18. The highest BCUT2D eigenvalue weighted by molar-refractivity contribution is 5.82. The summed E-state index contributed by atoms with van der Waals surface area (Å²) in [5, 5.41) is 0. The van der Waals surface area contributed by atoms with Gasteiger partial charge in [-0.25, -0.2) is 4.98 Å². The van der Waals surface area contributed by atoms with Gasteiger partial charge in [0.1, 0.15) is 12.0 Å². The minimum Gasteiger partial charge on any atom is -0.493 e. The number of rotatable bonds is 9. The molecule has 6 nitrogen and oxygen atoms in total. The quantitative estimate of drug-likeness (QED) is 0.486. The number of ketones is 1. The molecule has 1 aliphatic rings. The van der Waals surface area contributed by atoms with Gasteiger partial charge in [0.15, 0.2) is 11.5 Å². The number of Topliss-reactive ketones (excluding diaryl/α,β-unsaturated/α-hetero) is 1. The van der Waals surface area contributed by atoms with E-state index < -0.39 is 0 Å². The van der Waals surface area contributed by atoms with Crippen molar-refractivity contribution in [2.75, 3.05) is 13.7 Å². The molecule has 0 radical (unpaired) electrons. The SMILES string of the molecule is COc1ccc(-c2nc(CC(=O)Cc3ncccc3C)co2)cc1OCC1CCCC1. The Morgan fingerprint density at radius 3 is 2.77 bits per heavy atom. The number of nitrogens with zero attached hydrogens (tertiary/aromatic N) is 2. The fraction of sp³-hybridized carbons (Fsp3) is 0.400. The summed E-state index contributed by atoms with van der Waals surface area (Å²) >= 11 is 0. The summed E-state index contributed by atoms with van der Waals surface area (Å²) in [7, 11) is 1.63. The third-order valence-electron chi connectivity index (χ3n) is 5.77. The minimum atomic E-state index is 0.0527. The Hall–Kier alpha value is -3.15. The van der Waals surface area contributed by atoms with E-state index in [1.807, 2.05) is 37.3 Å². The molecular weight excluding hydrogens is 392 g/mol. The van der Waals surface area contributed by atoms with Gasteiger partial charge in [0.2, 0.25) is 5.89 Å². The van der Waals surface area contributed by atoms with Gasteiger partial charge in [-0.15, -0.1) is 0 Å². The Balaban J connectivity index is 1.43. The van der Waals surface area contributed by atoms with Crippen LogP contribution in [0.5, 0.6) is 11.5 Å². The lowest BCUT2D eigenvalue weighted by molar-refractivity contribution is -0.117. The van der Waals surface area contributed by atoms with Crippen LogP contribution in [0.2, 0.25) is 0 Å². The molecule has 0 saturated heterocycles. The third-order valence-corrected chi connectivity index (χ3v) is 5.77. The predicted molar refractivity (Wildman–Crippen MR) is 117 cm³/mol. The Kier molecular flexibility index (Phi) is 6.65. The zero-order valence-electron chi connectivity index (χ0n) is 18.1. The summed E-state index contributed by atoms with van der Waals surface area (Å²) in [6.07, 6.45) is 8.75. The lowest BCUT2D eigenvalue weighted by Crippen LogP contribution is -2.09. The molecule has 1 aliphatic carbocycles. The summed E-state index contributed by atoms with van der Waals surface area (Å²) in [6.45, 7) is 2.65. The number of carbonyl (C=O) groups is 1. The first-order chi connectivity index (χ1) is 15.1. The molecule has 31 heavy (non-hydrogen) atoms. The first-order valence-corrected chi connectivity index (χ1v) is 10.8. The number of aryl methyl sites for hydroxylation is 1. The third kappa shape index (κ3) is 5.32. The van der Waals surface area contributed by atoms with Crippen LogP contribution in [0.15, 0.2) is 47.2 Å². The maximum atomic E-state index is 12.5. The smallest absolute Gasteiger partial charge is 0.226 e. The van der Waals surface area contributed by atoms with Crippen molar-refractivity contribution in [1.82, 2.24) is 9.97 Å². The summed E-state index contributed by atoms with van der Waals surface area (Å²) in [6, 6.07) is 9.46. The first kappa shape index (κ1) is 21.1. The van der Waals surface area contributed by atoms with Crippen molar-refractivity contribution in [3.63, 3.8) is 0 Å². The lowest BCUT2D eigenvalue weighted by Gasteiger charge is -2.14. The van der Waals surface area contributed by atoms with Gasteiger partial charge in [-0.05, 0) is 55.5 Å². The van der Waals surface area contributed by atoms with Crippen LogP contribution in [-0.4, -0.2) is 29.5 Å². The van der Waals surface area contributed by atoms with Crippen molar-refractivity contribution < 1.29 is 18.7 Å². The molecular formula is C25H28N2O4. The van der Waals surface area contributed by atoms with E-state index >= 15 is 0 Å². The monoisotopic (exact) mass is 420 g/mol. The second kappa shape index (κ2) is 9.77. The van der Waals surface area contributed by atoms with E-state index in [-0.39, 0.29) is 18.6 Å². The standard InChI is InChI=1S/C25H28N2O4/c1-17-6-5-11-26-22(17)14-21(28)13-20-16-31-25(27-20)19-9-10-23(29-2)24(12-19)30-15-18-7-3-4-8-18/h5-6,9-12,16,18H,3-4,7-8,13-15H2,1-2H3. The number of methoxy groups -OCH3 is 1. The van der Waals surface area contributed by atoms with Gasteiger partial charge in [-0.2, -0.15) is 0 Å². The molecule has 0 aliphatic heterocycles. The molecule has 0 atom stereocenters. The first-order valence-electron chi connectivity index (χ1n) is 10.8. The Labute approximate surface area is 182 Å². The molecule has 0 N–H and O–H groups in total. The minimum absolute atomic E-state index is 0.0527. The summed E-state index contributed by atoms with van der Waals surface area (Å²) in [5.74, 6) is 2.50. The Morgan fingerprint density at radius 2 is 2.00 bits per heavy atom. The molecule has 2 heterocycles. The summed E-state index contributed by atoms with van der Waals surface area (Å²) in [5.41, 5.74) is 3.22. The van der Waals surface area contributed by atoms with Gasteiger partial charge in [0.25, 0.3) is 0 Å². The van der Waals surface area contributed by atoms with Crippen LogP contribution in [0, 0.1) is 12.8 Å². The van der Waals surface area contributed by atoms with Gasteiger partial charge in [0.05, 0.1) is 31.5 Å². The number of hydrogen-bond donors (Lipinski definition) is 0. The van der Waals surface area contributed by atoms with Gasteiger partial charge >= 0.3 is 0 Å². The molecule has 1 saturated carbocycles. The zero-order chi connectivity index (χ0) is 21.6. The van der Waals surface area contributed by atoms with Crippen LogP contribution in [0.25, 0.3) is 11.5 Å². The predicted octanol–water partition coefficient (Wildman–Crippen LogP) is 4.98. The molecule has 162 valence electrons. The Bertz CT molecular complexity index is 1040. The number of hydrogen-bond acceptors (Lipinski definition) is 6. The highest BCUT2D eigenvalue weighted by atomic mass is 16.5. The van der Waals surface area contributed by atoms with E-state index in [1.165, 1.54) is 25.7 Å². The van der Waals surface area contributed by atoms with Gasteiger partial charge in [0, 0.05) is 18.2 Å². The number of carbonyl (C=O) groups excluding carboxylic acids is 1. The molecule has 0 spiro atoms. The lowest BCUT2D eigenvalue weighted by atomic mass is 10.1. The number of ether oxygens (including phenoxy) is 2. The van der Waals surface area contributed by atoms with E-state index in [2.05, 4.69) is 9.97 Å². The van der Waals surface area contributed by atoms with E-state index in [9.17, 15) is 4.79 Å². The molecule has 0 unspecified atom stereocenters. The van der Waals surface area contributed by atoms with Gasteiger partial charge in [-0.1, -0.05) is 18.9 Å². The fourth-order valence-electron chi connectivity index (χ4n) is 3.98. The van der Waals surface area contributed by atoms with Crippen molar-refractivity contribution >= 4 is 5.78 Å². The number of benzene rings is 1. The second-order valence-electron chi connectivity index (χ2n) is 8.13. The van der Waals surface area contributed by atoms with E-state index in [1.54, 1.807) is 19.6 Å². The van der Waals surface area contributed by atoms with E-state index in [0.29, 0.717) is 35.6 Å². The average Bonchev–Trinajstić information content (AvgIpc) is 3.46. The fourth-order valence-corrected chi connectivity index (χ4v) is 3.98. The molecule has 4 rings (SSSR count). The number of pyridine rings is 1. The van der Waals surface area contributed by atoms with Crippen molar-refractivity contribution in [3.05, 3.63) is 59.7 Å². The second-order valence-corrected chi connectivity index (χ2v) is 8.13. The topological polar surface area (TPSA) is 74.5 Å². The maximum absolute atomic E-state index is 12.5. The average molecular weight is 421 g/mol. The maximum Gasteiger partial charge on any atom is 0.226 e. The largest absolute Gasteiger partial charge is 0.493 e. The van der Waals surface area contributed by atoms with Crippen molar-refractivity contribution in [2.45, 2.75) is 45.4 Å². The molecule has 0 amide bonds. The van der Waals surface area contributed by atoms with Gasteiger partial charge in [-0.3, -0.25) is 9.78 Å². The summed E-state index contributed by atoms with van der Waals surface area (Å²) in [4.78, 5) is 21.3. The van der Waals surface area contributed by atoms with E-state index in [4.69, 9.17) is 13.9 Å². The number of aromatic nitrogens is 2.